The standard InChI is InChI=1S/C6HF5O.C3H9OSi.Zn/c7-1-2(8)4(10)6(12)5(11)3(1)9;1-5(2,3)4;/h12H;1-3H3;/q;-1;+2/p-1. The predicted molar refractivity (Wildman–Crippen MR) is 51.3 cm³/mol. The van der Waals surface area contributed by atoms with Gasteiger partial charge in [0.2, 0.25) is 0 Å². The fourth-order valence-corrected chi connectivity index (χ4v) is 4.76. The molecule has 0 bridgehead atoms. The molecule has 0 aliphatic heterocycles. The molecule has 0 heterocycles. The van der Waals surface area contributed by atoms with Crippen LogP contribution < -0.4 is 3.56 Å². The third-order valence-corrected chi connectivity index (χ3v) is 9.89. The van der Waals surface area contributed by atoms with Crippen molar-refractivity contribution in [2.24, 2.45) is 0 Å². The molecule has 0 saturated carbocycles. The minimum atomic E-state index is -2.30. The topological polar surface area (TPSA) is 18.5 Å². The van der Waals surface area contributed by atoms with E-state index in [1.54, 1.807) is 0 Å². The van der Waals surface area contributed by atoms with E-state index in [1.807, 2.05) is 19.6 Å². The molecule has 0 atom stereocenters. The van der Waals surface area contributed by atoms with Crippen molar-refractivity contribution in [1.29, 1.82) is 0 Å². The second-order valence-corrected chi connectivity index (χ2v) is 11.8. The first-order valence-electron chi connectivity index (χ1n) is 4.93. The molecule has 0 aromatic heterocycles. The van der Waals surface area contributed by atoms with E-state index in [9.17, 15) is 22.0 Å². The Morgan fingerprint density at radius 1 is 0.778 bits per heavy atom. The normalized spacial score (nSPS) is 11.3. The SMILES string of the molecule is C[Si](C)(C)[O][Zn][O]c1c(F)c(F)c(F)c(F)c1F. The molecule has 18 heavy (non-hydrogen) atoms. The fraction of sp³-hybridized carbons (Fsp3) is 0.333. The van der Waals surface area contributed by atoms with Crippen LogP contribution in [0.15, 0.2) is 0 Å². The third-order valence-electron chi connectivity index (χ3n) is 1.86. The molecule has 0 radical (unpaired) electrons. The van der Waals surface area contributed by atoms with Crippen LogP contribution in [0.4, 0.5) is 22.0 Å². The zero-order valence-corrected chi connectivity index (χ0v) is 13.9. The second-order valence-electron chi connectivity index (χ2n) is 4.42. The molecule has 1 aromatic rings. The number of hydrogen-bond acceptors (Lipinski definition) is 2. The van der Waals surface area contributed by atoms with Crippen LogP contribution in [0.5, 0.6) is 5.75 Å². The Kier molecular flexibility index (Phi) is 4.85. The molecule has 0 fully saturated rings. The van der Waals surface area contributed by atoms with E-state index in [1.165, 1.54) is 0 Å². The summed E-state index contributed by atoms with van der Waals surface area (Å²) < 4.78 is 74.6. The van der Waals surface area contributed by atoms with Gasteiger partial charge in [-0.2, -0.15) is 0 Å². The van der Waals surface area contributed by atoms with E-state index in [4.69, 9.17) is 3.25 Å². The van der Waals surface area contributed by atoms with E-state index in [0.29, 0.717) is 0 Å². The van der Waals surface area contributed by atoms with E-state index in [2.05, 4.69) is 3.56 Å². The van der Waals surface area contributed by atoms with Crippen LogP contribution in [-0.2, 0) is 21.1 Å². The van der Waals surface area contributed by atoms with Crippen molar-refractivity contribution in [3.8, 4) is 5.75 Å². The molecule has 1 aromatic carbocycles. The first-order valence-corrected chi connectivity index (χ1v) is 10.8. The van der Waals surface area contributed by atoms with Crippen LogP contribution in [0, 0.1) is 29.1 Å². The molecule has 0 aliphatic rings. The average molecular weight is 338 g/mol. The van der Waals surface area contributed by atoms with Gasteiger partial charge in [0.15, 0.2) is 0 Å². The van der Waals surface area contributed by atoms with Gasteiger partial charge in [-0.15, -0.1) is 0 Å². The third kappa shape index (κ3) is 3.49. The maximum absolute atomic E-state index is 13.2. The van der Waals surface area contributed by atoms with Crippen molar-refractivity contribution >= 4 is 8.32 Å². The molecule has 0 unspecified atom stereocenters. The fourth-order valence-electron chi connectivity index (χ4n) is 0.977. The van der Waals surface area contributed by atoms with Crippen LogP contribution >= 0.6 is 0 Å². The maximum atomic E-state index is 13.2. The summed E-state index contributed by atoms with van der Waals surface area (Å²) in [6.07, 6.45) is 0. The van der Waals surface area contributed by atoms with Crippen molar-refractivity contribution in [3.05, 3.63) is 29.1 Å². The van der Waals surface area contributed by atoms with Gasteiger partial charge in [-0.05, 0) is 0 Å². The van der Waals surface area contributed by atoms with Gasteiger partial charge in [0, 0.05) is 0 Å². The van der Waals surface area contributed by atoms with Gasteiger partial charge in [0.05, 0.1) is 0 Å². The van der Waals surface area contributed by atoms with Gasteiger partial charge in [0.1, 0.15) is 0 Å². The minimum absolute atomic E-state index is 1.25. The molecule has 0 spiro atoms. The van der Waals surface area contributed by atoms with Crippen LogP contribution in [0.3, 0.4) is 0 Å². The Hall–Kier alpha value is -0.530. The first-order chi connectivity index (χ1) is 8.15. The van der Waals surface area contributed by atoms with Gasteiger partial charge < -0.3 is 0 Å². The van der Waals surface area contributed by atoms with E-state index in [-0.39, 0.29) is 0 Å². The zero-order chi connectivity index (χ0) is 14.1. The Labute approximate surface area is 110 Å². The van der Waals surface area contributed by atoms with E-state index < -0.39 is 61.0 Å². The second kappa shape index (κ2) is 5.63. The van der Waals surface area contributed by atoms with Crippen LogP contribution in [0.2, 0.25) is 19.6 Å². The summed E-state index contributed by atoms with van der Waals surface area (Å²) in [5.74, 6) is -11.4. The molecular formula is C9H9F5O2SiZn. The summed E-state index contributed by atoms with van der Waals surface area (Å²) >= 11 is -2.30. The zero-order valence-electron chi connectivity index (χ0n) is 9.91. The predicted octanol–water partition coefficient (Wildman–Crippen LogP) is 3.52. The summed E-state index contributed by atoms with van der Waals surface area (Å²) in [5, 5.41) is 0. The average Bonchev–Trinajstić information content (AvgIpc) is 2.27. The number of rotatable bonds is 4. The van der Waals surface area contributed by atoms with Gasteiger partial charge in [-0.3, -0.25) is 0 Å². The molecule has 0 N–H and O–H groups in total. The molecule has 9 heteroatoms. The van der Waals surface area contributed by atoms with Gasteiger partial charge in [-0.1, -0.05) is 0 Å². The monoisotopic (exact) mass is 336 g/mol. The molecule has 0 aliphatic carbocycles. The summed E-state index contributed by atoms with van der Waals surface area (Å²) in [4.78, 5) is 0. The van der Waals surface area contributed by atoms with Crippen molar-refractivity contribution in [1.82, 2.24) is 0 Å². The van der Waals surface area contributed by atoms with Crippen molar-refractivity contribution in [2.75, 3.05) is 0 Å². The van der Waals surface area contributed by atoms with Crippen molar-refractivity contribution in [2.45, 2.75) is 19.6 Å². The Morgan fingerprint density at radius 2 is 1.17 bits per heavy atom. The summed E-state index contributed by atoms with van der Waals surface area (Å²) in [7, 11) is -1.93. The van der Waals surface area contributed by atoms with E-state index in [0.717, 1.165) is 0 Å². The van der Waals surface area contributed by atoms with Crippen LogP contribution in [0.25, 0.3) is 0 Å². The van der Waals surface area contributed by atoms with Gasteiger partial charge in [0.25, 0.3) is 0 Å². The molecule has 2 nitrogen and oxygen atoms in total. The van der Waals surface area contributed by atoms with E-state index >= 15 is 0 Å². The molecular weight excluding hydrogens is 329 g/mol. The number of benzene rings is 1. The van der Waals surface area contributed by atoms with Crippen molar-refractivity contribution in [3.63, 3.8) is 0 Å². The number of hydrogen-bond donors (Lipinski definition) is 0. The van der Waals surface area contributed by atoms with Crippen LogP contribution in [-0.4, -0.2) is 8.32 Å². The molecule has 98 valence electrons. The van der Waals surface area contributed by atoms with Gasteiger partial charge in [-0.25, -0.2) is 0 Å². The summed E-state index contributed by atoms with van der Waals surface area (Å²) in [6.45, 7) is 5.46. The summed E-state index contributed by atoms with van der Waals surface area (Å²) in [6, 6.07) is 0. The quantitative estimate of drug-likeness (QED) is 0.362. The molecule has 1 rings (SSSR count). The Balaban J connectivity index is 2.96. The van der Waals surface area contributed by atoms with Crippen molar-refractivity contribution < 1.29 is 46.6 Å². The molecule has 0 amide bonds. The molecule has 0 saturated heterocycles. The number of halogens is 5. The van der Waals surface area contributed by atoms with Gasteiger partial charge >= 0.3 is 109 Å². The first kappa shape index (κ1) is 15.5. The Morgan fingerprint density at radius 3 is 1.56 bits per heavy atom. The summed E-state index contributed by atoms with van der Waals surface area (Å²) in [5.41, 5.74) is 0. The van der Waals surface area contributed by atoms with Crippen LogP contribution in [0.1, 0.15) is 0 Å². The Bertz CT molecular complexity index is 434.